The van der Waals surface area contributed by atoms with Crippen LogP contribution in [0, 0.1) is 11.8 Å². The fraction of sp³-hybridized carbons (Fsp3) is 0.889. The molecule has 0 unspecified atom stereocenters. The van der Waals surface area contributed by atoms with Crippen molar-refractivity contribution in [1.82, 2.24) is 0 Å². The molecule has 0 atom stereocenters. The molecule has 1 fully saturated rings. The van der Waals surface area contributed by atoms with Gasteiger partial charge in [-0.1, -0.05) is 32.0 Å². The van der Waals surface area contributed by atoms with Gasteiger partial charge < -0.3 is 0 Å². The largest absolute Gasteiger partial charge is 0.0897 e. The molecule has 1 saturated carbocycles. The zero-order valence-corrected chi connectivity index (χ0v) is 7.71. The molecular weight excluding hydrogens is 140 g/mol. The van der Waals surface area contributed by atoms with Crippen LogP contribution in [0.25, 0.3) is 0 Å². The lowest BCUT2D eigenvalue weighted by Crippen LogP contribution is -2.17. The fourth-order valence-electron chi connectivity index (χ4n) is 1.67. The molecule has 0 aromatic heterocycles. The van der Waals surface area contributed by atoms with Gasteiger partial charge in [0.15, 0.2) is 0 Å². The van der Waals surface area contributed by atoms with Crippen molar-refractivity contribution in [2.24, 2.45) is 11.8 Å². The molecule has 0 bridgehead atoms. The molecule has 58 valence electrons. The Morgan fingerprint density at radius 2 is 1.70 bits per heavy atom. The van der Waals surface area contributed by atoms with E-state index in [9.17, 15) is 0 Å². The second-order valence-corrected chi connectivity index (χ2v) is 4.21. The van der Waals surface area contributed by atoms with Crippen LogP contribution in [0.15, 0.2) is 0 Å². The van der Waals surface area contributed by atoms with Crippen LogP contribution in [-0.2, 0) is 0 Å². The van der Waals surface area contributed by atoms with Gasteiger partial charge >= 0.3 is 0 Å². The third kappa shape index (κ3) is 2.05. The van der Waals surface area contributed by atoms with Crippen molar-refractivity contribution in [3.8, 4) is 0 Å². The summed E-state index contributed by atoms with van der Waals surface area (Å²) in [4.78, 5) is 1.23. The SMILES string of the molecule is CC(=S)C1CCC(C)CC1. The average Bonchev–Trinajstić information content (AvgIpc) is 1.88. The second kappa shape index (κ2) is 3.47. The third-order valence-corrected chi connectivity index (χ3v) is 2.92. The van der Waals surface area contributed by atoms with Gasteiger partial charge in [0.2, 0.25) is 0 Å². The Morgan fingerprint density at radius 3 is 2.10 bits per heavy atom. The van der Waals surface area contributed by atoms with Crippen molar-refractivity contribution >= 4 is 17.1 Å². The Kier molecular flexibility index (Phi) is 2.84. The number of hydrogen-bond donors (Lipinski definition) is 0. The van der Waals surface area contributed by atoms with Gasteiger partial charge in [0.25, 0.3) is 0 Å². The maximum atomic E-state index is 5.15. The normalized spacial score (nSPS) is 33.8. The highest BCUT2D eigenvalue weighted by Crippen LogP contribution is 2.28. The lowest BCUT2D eigenvalue weighted by atomic mass is 9.82. The second-order valence-electron chi connectivity index (χ2n) is 3.57. The maximum Gasteiger partial charge on any atom is -0.00716 e. The van der Waals surface area contributed by atoms with Gasteiger partial charge in [-0.3, -0.25) is 0 Å². The molecule has 0 radical (unpaired) electrons. The standard InChI is InChI=1S/C9H16S/c1-7-3-5-9(6-4-7)8(2)10/h7,9H,3-6H2,1-2H3. The molecule has 0 aliphatic heterocycles. The van der Waals surface area contributed by atoms with Crippen LogP contribution in [0.5, 0.6) is 0 Å². The van der Waals surface area contributed by atoms with Crippen LogP contribution in [0.3, 0.4) is 0 Å². The topological polar surface area (TPSA) is 0 Å². The number of rotatable bonds is 1. The van der Waals surface area contributed by atoms with Gasteiger partial charge in [0, 0.05) is 0 Å². The van der Waals surface area contributed by atoms with E-state index in [1.54, 1.807) is 0 Å². The first kappa shape index (κ1) is 8.19. The van der Waals surface area contributed by atoms with E-state index in [-0.39, 0.29) is 0 Å². The molecule has 1 rings (SSSR count). The Bertz CT molecular complexity index is 121. The summed E-state index contributed by atoms with van der Waals surface area (Å²) in [6, 6.07) is 0. The summed E-state index contributed by atoms with van der Waals surface area (Å²) in [7, 11) is 0. The van der Waals surface area contributed by atoms with Crippen molar-refractivity contribution < 1.29 is 0 Å². The molecule has 10 heavy (non-hydrogen) atoms. The maximum absolute atomic E-state index is 5.15. The van der Waals surface area contributed by atoms with Gasteiger partial charge in [-0.05, 0) is 36.5 Å². The fourth-order valence-corrected chi connectivity index (χ4v) is 1.90. The van der Waals surface area contributed by atoms with Crippen LogP contribution in [0.4, 0.5) is 0 Å². The molecule has 0 nitrogen and oxygen atoms in total. The summed E-state index contributed by atoms with van der Waals surface area (Å²) in [5, 5.41) is 0. The first-order valence-electron chi connectivity index (χ1n) is 4.20. The number of thiocarbonyl (C=S) groups is 1. The molecule has 0 saturated heterocycles. The summed E-state index contributed by atoms with van der Waals surface area (Å²) >= 11 is 5.15. The minimum Gasteiger partial charge on any atom is -0.0897 e. The minimum absolute atomic E-state index is 0.770. The van der Waals surface area contributed by atoms with E-state index in [4.69, 9.17) is 12.2 Å². The van der Waals surface area contributed by atoms with Crippen LogP contribution in [-0.4, -0.2) is 4.86 Å². The summed E-state index contributed by atoms with van der Waals surface area (Å²) < 4.78 is 0. The Balaban J connectivity index is 2.33. The van der Waals surface area contributed by atoms with Gasteiger partial charge in [-0.2, -0.15) is 0 Å². The summed E-state index contributed by atoms with van der Waals surface area (Å²) in [6.07, 6.45) is 5.46. The van der Waals surface area contributed by atoms with Crippen molar-refractivity contribution in [3.05, 3.63) is 0 Å². The Morgan fingerprint density at radius 1 is 1.20 bits per heavy atom. The van der Waals surface area contributed by atoms with E-state index in [1.165, 1.54) is 30.5 Å². The summed E-state index contributed by atoms with van der Waals surface area (Å²) in [5.41, 5.74) is 0. The van der Waals surface area contributed by atoms with Crippen molar-refractivity contribution in [3.63, 3.8) is 0 Å². The van der Waals surface area contributed by atoms with Gasteiger partial charge in [0.1, 0.15) is 0 Å². The molecular formula is C9H16S. The minimum atomic E-state index is 0.770. The predicted octanol–water partition coefficient (Wildman–Crippen LogP) is 3.20. The first-order valence-corrected chi connectivity index (χ1v) is 4.61. The van der Waals surface area contributed by atoms with Crippen LogP contribution < -0.4 is 0 Å². The average molecular weight is 156 g/mol. The lowest BCUT2D eigenvalue weighted by Gasteiger charge is -2.25. The molecule has 0 spiro atoms. The van der Waals surface area contributed by atoms with E-state index in [0.29, 0.717) is 0 Å². The third-order valence-electron chi connectivity index (χ3n) is 2.59. The molecule has 1 aliphatic rings. The summed E-state index contributed by atoms with van der Waals surface area (Å²) in [5.74, 6) is 1.72. The van der Waals surface area contributed by atoms with E-state index >= 15 is 0 Å². The highest BCUT2D eigenvalue weighted by Gasteiger charge is 2.18. The van der Waals surface area contributed by atoms with E-state index in [1.807, 2.05) is 0 Å². The highest BCUT2D eigenvalue weighted by atomic mass is 32.1. The highest BCUT2D eigenvalue weighted by molar-refractivity contribution is 7.80. The zero-order valence-electron chi connectivity index (χ0n) is 6.89. The van der Waals surface area contributed by atoms with Crippen molar-refractivity contribution in [2.45, 2.75) is 39.5 Å². The number of hydrogen-bond acceptors (Lipinski definition) is 1. The van der Waals surface area contributed by atoms with Gasteiger partial charge in [-0.15, -0.1) is 0 Å². The van der Waals surface area contributed by atoms with Gasteiger partial charge in [0.05, 0.1) is 0 Å². The van der Waals surface area contributed by atoms with Gasteiger partial charge in [-0.25, -0.2) is 0 Å². The molecule has 0 aromatic rings. The molecule has 1 heteroatoms. The molecule has 0 heterocycles. The molecule has 0 aromatic carbocycles. The van der Waals surface area contributed by atoms with Crippen LogP contribution in [0.2, 0.25) is 0 Å². The van der Waals surface area contributed by atoms with Crippen molar-refractivity contribution in [2.75, 3.05) is 0 Å². The van der Waals surface area contributed by atoms with Crippen molar-refractivity contribution in [1.29, 1.82) is 0 Å². The molecule has 0 N–H and O–H groups in total. The molecule has 0 amide bonds. The van der Waals surface area contributed by atoms with E-state index in [2.05, 4.69) is 13.8 Å². The van der Waals surface area contributed by atoms with E-state index in [0.717, 1.165) is 11.8 Å². The zero-order chi connectivity index (χ0) is 7.56. The lowest BCUT2D eigenvalue weighted by molar-refractivity contribution is 0.345. The van der Waals surface area contributed by atoms with Crippen LogP contribution in [0.1, 0.15) is 39.5 Å². The molecule has 1 aliphatic carbocycles. The Labute approximate surface area is 69.0 Å². The monoisotopic (exact) mass is 156 g/mol. The quantitative estimate of drug-likeness (QED) is 0.525. The summed E-state index contributed by atoms with van der Waals surface area (Å²) in [6.45, 7) is 4.44. The Hall–Kier alpha value is 0.0900. The van der Waals surface area contributed by atoms with Crippen LogP contribution >= 0.6 is 12.2 Å². The smallest absolute Gasteiger partial charge is 0.00716 e. The first-order chi connectivity index (χ1) is 4.70. The predicted molar refractivity (Wildman–Crippen MR) is 49.4 cm³/mol. The van der Waals surface area contributed by atoms with E-state index < -0.39 is 0 Å².